The molecule has 1 fully saturated rings. The van der Waals surface area contributed by atoms with Crippen molar-refractivity contribution in [1.82, 2.24) is 10.2 Å². The van der Waals surface area contributed by atoms with E-state index in [9.17, 15) is 9.18 Å². The minimum atomic E-state index is -0.247. The number of halogens is 1. The lowest BCUT2D eigenvalue weighted by Gasteiger charge is -2.32. The Morgan fingerprint density at radius 1 is 1.10 bits per heavy atom. The number of ether oxygens (including phenoxy) is 1. The summed E-state index contributed by atoms with van der Waals surface area (Å²) in [7, 11) is 0. The predicted molar refractivity (Wildman–Crippen MR) is 112 cm³/mol. The average Bonchev–Trinajstić information content (AvgIpc) is 3.17. The van der Waals surface area contributed by atoms with Gasteiger partial charge in [0.15, 0.2) is 0 Å². The van der Waals surface area contributed by atoms with Gasteiger partial charge in [-0.2, -0.15) is 0 Å². The highest BCUT2D eigenvalue weighted by atomic mass is 19.1. The van der Waals surface area contributed by atoms with Crippen LogP contribution in [0.25, 0.3) is 0 Å². The number of hydrogen-bond donors (Lipinski definition) is 1. The van der Waals surface area contributed by atoms with Gasteiger partial charge in [-0.15, -0.1) is 0 Å². The number of hydrogen-bond acceptors (Lipinski definition) is 3. The molecule has 2 aliphatic rings. The molecule has 0 aromatic heterocycles. The van der Waals surface area contributed by atoms with Crippen molar-refractivity contribution in [2.24, 2.45) is 5.92 Å². The van der Waals surface area contributed by atoms with E-state index in [2.05, 4.69) is 10.2 Å². The number of rotatable bonds is 6. The van der Waals surface area contributed by atoms with Gasteiger partial charge in [0.25, 0.3) is 0 Å². The van der Waals surface area contributed by atoms with Gasteiger partial charge in [-0.3, -0.25) is 4.90 Å². The second-order valence-corrected chi connectivity index (χ2v) is 7.82. The second kappa shape index (κ2) is 9.27. The van der Waals surface area contributed by atoms with Crippen LogP contribution in [0.15, 0.2) is 48.5 Å². The molecule has 0 spiro atoms. The number of likely N-dealkylation sites (tertiary alicyclic amines) is 1. The maximum absolute atomic E-state index is 13.3. The first-order valence-corrected chi connectivity index (χ1v) is 10.4. The van der Waals surface area contributed by atoms with E-state index in [-0.39, 0.29) is 11.8 Å². The van der Waals surface area contributed by atoms with E-state index in [0.29, 0.717) is 25.4 Å². The summed E-state index contributed by atoms with van der Waals surface area (Å²) in [5.74, 6) is 1.27. The summed E-state index contributed by atoms with van der Waals surface area (Å²) in [5, 5.41) is 3.01. The SMILES string of the molecule is O=C(NCCN1CCC(COc2ccccc2)CC1)N1CCc2cc(F)ccc21. The van der Waals surface area contributed by atoms with Crippen LogP contribution in [-0.2, 0) is 6.42 Å². The van der Waals surface area contributed by atoms with Gasteiger partial charge < -0.3 is 15.0 Å². The summed E-state index contributed by atoms with van der Waals surface area (Å²) in [5.41, 5.74) is 1.73. The molecule has 1 N–H and O–H groups in total. The van der Waals surface area contributed by atoms with E-state index >= 15 is 0 Å². The highest BCUT2D eigenvalue weighted by Crippen LogP contribution is 2.28. The van der Waals surface area contributed by atoms with Gasteiger partial charge in [-0.1, -0.05) is 18.2 Å². The molecule has 154 valence electrons. The van der Waals surface area contributed by atoms with E-state index in [1.165, 1.54) is 12.1 Å². The summed E-state index contributed by atoms with van der Waals surface area (Å²) in [4.78, 5) is 16.6. The zero-order valence-electron chi connectivity index (χ0n) is 16.6. The first-order chi connectivity index (χ1) is 14.2. The number of nitrogens with one attached hydrogen (secondary N) is 1. The molecular formula is C23H28FN3O2. The van der Waals surface area contributed by atoms with Crippen LogP contribution in [0.1, 0.15) is 18.4 Å². The molecule has 29 heavy (non-hydrogen) atoms. The molecule has 2 heterocycles. The van der Waals surface area contributed by atoms with Crippen molar-refractivity contribution in [2.45, 2.75) is 19.3 Å². The highest BCUT2D eigenvalue weighted by Gasteiger charge is 2.25. The topological polar surface area (TPSA) is 44.8 Å². The van der Waals surface area contributed by atoms with Crippen LogP contribution in [0.4, 0.5) is 14.9 Å². The zero-order valence-corrected chi connectivity index (χ0v) is 16.6. The molecule has 6 heteroatoms. The number of para-hydroxylation sites is 1. The van der Waals surface area contributed by atoms with Crippen molar-refractivity contribution >= 4 is 11.7 Å². The van der Waals surface area contributed by atoms with Crippen LogP contribution < -0.4 is 15.0 Å². The van der Waals surface area contributed by atoms with Crippen LogP contribution in [0.2, 0.25) is 0 Å². The normalized spacial score (nSPS) is 17.2. The maximum atomic E-state index is 13.3. The smallest absolute Gasteiger partial charge is 0.321 e. The molecule has 0 bridgehead atoms. The number of amides is 2. The Labute approximate surface area is 171 Å². The van der Waals surface area contributed by atoms with Crippen molar-refractivity contribution in [1.29, 1.82) is 0 Å². The molecule has 0 atom stereocenters. The number of urea groups is 1. The molecule has 2 aromatic rings. The Morgan fingerprint density at radius 2 is 1.90 bits per heavy atom. The lowest BCUT2D eigenvalue weighted by molar-refractivity contribution is 0.142. The molecule has 0 unspecified atom stereocenters. The molecule has 0 aliphatic carbocycles. The van der Waals surface area contributed by atoms with Gasteiger partial charge in [-0.25, -0.2) is 9.18 Å². The summed E-state index contributed by atoms with van der Waals surface area (Å²) >= 11 is 0. The first-order valence-electron chi connectivity index (χ1n) is 10.4. The van der Waals surface area contributed by atoms with Gasteiger partial charge in [0, 0.05) is 25.3 Å². The van der Waals surface area contributed by atoms with Gasteiger partial charge in [0.1, 0.15) is 11.6 Å². The Balaban J connectivity index is 1.15. The fraction of sp³-hybridized carbons (Fsp3) is 0.435. The van der Waals surface area contributed by atoms with Crippen molar-refractivity contribution < 1.29 is 13.9 Å². The third-order valence-electron chi connectivity index (χ3n) is 5.82. The quantitative estimate of drug-likeness (QED) is 0.809. The van der Waals surface area contributed by atoms with E-state index in [4.69, 9.17) is 4.74 Å². The van der Waals surface area contributed by atoms with Gasteiger partial charge in [0.2, 0.25) is 0 Å². The molecule has 1 saturated heterocycles. The molecule has 0 radical (unpaired) electrons. The minimum absolute atomic E-state index is 0.0958. The molecule has 2 amide bonds. The lowest BCUT2D eigenvalue weighted by Crippen LogP contribution is -2.44. The molecule has 4 rings (SSSR count). The summed E-state index contributed by atoms with van der Waals surface area (Å²) in [6, 6.07) is 14.5. The van der Waals surface area contributed by atoms with Crippen LogP contribution in [0.3, 0.4) is 0 Å². The number of carbonyl (C=O) groups is 1. The molecule has 0 saturated carbocycles. The minimum Gasteiger partial charge on any atom is -0.493 e. The third kappa shape index (κ3) is 5.07. The van der Waals surface area contributed by atoms with Crippen LogP contribution in [0, 0.1) is 11.7 Å². The summed E-state index contributed by atoms with van der Waals surface area (Å²) in [6.45, 7) is 4.91. The average molecular weight is 397 g/mol. The van der Waals surface area contributed by atoms with Gasteiger partial charge in [-0.05, 0) is 74.2 Å². The zero-order chi connectivity index (χ0) is 20.1. The van der Waals surface area contributed by atoms with Crippen LogP contribution in [0.5, 0.6) is 5.75 Å². The van der Waals surface area contributed by atoms with Crippen LogP contribution in [-0.4, -0.2) is 50.3 Å². The number of benzene rings is 2. The maximum Gasteiger partial charge on any atom is 0.321 e. The number of nitrogens with zero attached hydrogens (tertiary/aromatic N) is 2. The second-order valence-electron chi connectivity index (χ2n) is 7.82. The predicted octanol–water partition coefficient (Wildman–Crippen LogP) is 3.69. The summed E-state index contributed by atoms with van der Waals surface area (Å²) < 4.78 is 19.2. The summed E-state index contributed by atoms with van der Waals surface area (Å²) in [6.07, 6.45) is 2.94. The number of fused-ring (bicyclic) bond motifs is 1. The largest absolute Gasteiger partial charge is 0.493 e. The van der Waals surface area contributed by atoms with Crippen molar-refractivity contribution in [3.63, 3.8) is 0 Å². The van der Waals surface area contributed by atoms with Crippen molar-refractivity contribution in [3.8, 4) is 5.75 Å². The van der Waals surface area contributed by atoms with Gasteiger partial charge in [0.05, 0.1) is 6.61 Å². The standard InChI is InChI=1S/C23H28FN3O2/c24-20-6-7-22-19(16-20)10-14-27(22)23(28)25-11-15-26-12-8-18(9-13-26)17-29-21-4-2-1-3-5-21/h1-7,16,18H,8-15,17H2,(H,25,28). The number of piperidine rings is 1. The monoisotopic (exact) mass is 397 g/mol. The van der Waals surface area contributed by atoms with E-state index in [1.54, 1.807) is 11.0 Å². The van der Waals surface area contributed by atoms with E-state index < -0.39 is 0 Å². The fourth-order valence-corrected chi connectivity index (χ4v) is 4.11. The first kappa shape index (κ1) is 19.7. The Hall–Kier alpha value is -2.60. The van der Waals surface area contributed by atoms with E-state index in [1.807, 2.05) is 30.3 Å². The molecular weight excluding hydrogens is 369 g/mol. The fourth-order valence-electron chi connectivity index (χ4n) is 4.11. The molecule has 5 nitrogen and oxygen atoms in total. The highest BCUT2D eigenvalue weighted by molar-refractivity contribution is 5.94. The molecule has 2 aliphatic heterocycles. The van der Waals surface area contributed by atoms with Crippen LogP contribution >= 0.6 is 0 Å². The Kier molecular flexibility index (Phi) is 6.30. The van der Waals surface area contributed by atoms with Gasteiger partial charge >= 0.3 is 6.03 Å². The number of carbonyl (C=O) groups excluding carboxylic acids is 1. The molecule has 2 aromatic carbocycles. The van der Waals surface area contributed by atoms with Crippen molar-refractivity contribution in [2.75, 3.05) is 44.2 Å². The lowest BCUT2D eigenvalue weighted by atomic mass is 9.98. The third-order valence-corrected chi connectivity index (χ3v) is 5.82. The number of anilines is 1. The van der Waals surface area contributed by atoms with Crippen molar-refractivity contribution in [3.05, 3.63) is 59.9 Å². The Morgan fingerprint density at radius 3 is 2.69 bits per heavy atom. The Bertz CT molecular complexity index is 822. The van der Waals surface area contributed by atoms with E-state index in [0.717, 1.165) is 56.1 Å².